The Bertz CT molecular complexity index is 1740. The molecule has 36 heavy (non-hydrogen) atoms. The Balaban J connectivity index is 1.89. The van der Waals surface area contributed by atoms with E-state index >= 15 is 0 Å². The lowest BCUT2D eigenvalue weighted by atomic mass is 10.1. The summed E-state index contributed by atoms with van der Waals surface area (Å²) in [6.07, 6.45) is -3.41. The Morgan fingerprint density at radius 3 is 2.89 bits per heavy atom. The summed E-state index contributed by atoms with van der Waals surface area (Å²) in [5, 5.41) is 3.79. The van der Waals surface area contributed by atoms with E-state index in [9.17, 15) is 13.2 Å². The Hall–Kier alpha value is -2.76. The van der Waals surface area contributed by atoms with Crippen molar-refractivity contribution in [3.8, 4) is 17.1 Å². The molecule has 3 heterocycles. The summed E-state index contributed by atoms with van der Waals surface area (Å²) in [6, 6.07) is 3.47. The van der Waals surface area contributed by atoms with E-state index in [1.807, 2.05) is 18.9 Å². The zero-order valence-electron chi connectivity index (χ0n) is 29.4. The minimum absolute atomic E-state index is 0.0749. The number of aryl methyl sites for hydroxylation is 2. The van der Waals surface area contributed by atoms with Crippen LogP contribution in [0.4, 0.5) is 0 Å². The lowest BCUT2D eigenvalue weighted by molar-refractivity contribution is 0.297. The van der Waals surface area contributed by atoms with Crippen molar-refractivity contribution in [2.24, 2.45) is 6.98 Å². The largest absolute Gasteiger partial charge is 0.493 e. The summed E-state index contributed by atoms with van der Waals surface area (Å²) in [5.74, 6) is -0.252. The van der Waals surface area contributed by atoms with Crippen LogP contribution in [0.15, 0.2) is 27.9 Å². The zero-order chi connectivity index (χ0) is 33.8. The van der Waals surface area contributed by atoms with Crippen LogP contribution in [0.5, 0.6) is 5.75 Å². The van der Waals surface area contributed by atoms with Crippen molar-refractivity contribution in [1.82, 2.24) is 29.4 Å². The summed E-state index contributed by atoms with van der Waals surface area (Å²) >= 11 is 0. The average molecular weight is 526 g/mol. The Kier molecular flexibility index (Phi) is 5.21. The van der Waals surface area contributed by atoms with Crippen molar-refractivity contribution in [2.75, 3.05) is 26.7 Å². The van der Waals surface area contributed by atoms with Crippen molar-refractivity contribution >= 4 is 21.1 Å². The number of rotatable bonds is 11. The number of H-pyrrole nitrogens is 1. The van der Waals surface area contributed by atoms with Gasteiger partial charge in [-0.3, -0.25) is 9.48 Å². The predicted octanol–water partition coefficient (Wildman–Crippen LogP) is 2.83. The fourth-order valence-electron chi connectivity index (χ4n) is 4.11. The zero-order valence-corrected chi connectivity index (χ0v) is 21.2. The van der Waals surface area contributed by atoms with Gasteiger partial charge in [-0.15, -0.1) is 0 Å². The standard InChI is InChI=1S/C25H36N6O4S/c1-5-8-20-22-23(31(4)29-20)25(32)28-24(27-22)19-16-18(10-11-21(19)35-15-6-2)36(33,34)26-13-12-17-9-7-14-30(17)3/h10-11,16-17,26H,5-9,12-15H2,1-4H3,(H,27,28,32)/i4D3,5D2,8D2,13D2. The van der Waals surface area contributed by atoms with Crippen molar-refractivity contribution in [3.05, 3.63) is 34.2 Å². The van der Waals surface area contributed by atoms with Crippen LogP contribution < -0.4 is 15.0 Å². The predicted molar refractivity (Wildman–Crippen MR) is 140 cm³/mol. The maximum absolute atomic E-state index is 13.4. The number of aromatic nitrogens is 4. The molecule has 0 radical (unpaired) electrons. The van der Waals surface area contributed by atoms with Gasteiger partial charge in [0.05, 0.1) is 22.8 Å². The third-order valence-electron chi connectivity index (χ3n) is 5.97. The van der Waals surface area contributed by atoms with E-state index in [2.05, 4.69) is 19.8 Å². The SMILES string of the molecule is [2H]C([2H])(CC1CCCN1C)NS(=O)(=O)c1ccc(OCCC)c(-c2nc3c(C([2H])([2H])C([2H])([2H])C)nn(C([2H])([2H])[2H])c3c(=O)[nH]2)c1. The van der Waals surface area contributed by atoms with Gasteiger partial charge in [0.2, 0.25) is 10.0 Å². The van der Waals surface area contributed by atoms with Gasteiger partial charge in [0.1, 0.15) is 17.1 Å². The second-order valence-electron chi connectivity index (χ2n) is 8.52. The molecule has 0 aliphatic carbocycles. The number of sulfonamides is 1. The number of aromatic amines is 1. The second-order valence-corrected chi connectivity index (χ2v) is 10.2. The van der Waals surface area contributed by atoms with Gasteiger partial charge in [0.25, 0.3) is 5.56 Å². The molecule has 4 rings (SSSR count). The lowest BCUT2D eigenvalue weighted by Gasteiger charge is -2.19. The van der Waals surface area contributed by atoms with E-state index in [1.165, 1.54) is 12.1 Å². The van der Waals surface area contributed by atoms with Crippen LogP contribution in [0, 0.1) is 0 Å². The van der Waals surface area contributed by atoms with Gasteiger partial charge in [0.15, 0.2) is 5.52 Å². The van der Waals surface area contributed by atoms with Gasteiger partial charge in [-0.1, -0.05) is 20.2 Å². The monoisotopic (exact) mass is 525 g/mol. The number of benzene rings is 1. The third-order valence-corrected chi connectivity index (χ3v) is 7.26. The Morgan fingerprint density at radius 1 is 1.36 bits per heavy atom. The highest BCUT2D eigenvalue weighted by molar-refractivity contribution is 7.89. The molecule has 3 aromatic rings. The van der Waals surface area contributed by atoms with Crippen LogP contribution in [0.25, 0.3) is 22.4 Å². The van der Waals surface area contributed by atoms with Crippen molar-refractivity contribution < 1.29 is 25.5 Å². The molecular formula is C25H36N6O4S. The molecule has 1 fully saturated rings. The highest BCUT2D eigenvalue weighted by Gasteiger charge is 2.23. The number of fused-ring (bicyclic) bond motifs is 1. The summed E-state index contributed by atoms with van der Waals surface area (Å²) < 4.78 is 108. The average Bonchev–Trinajstić information content (AvgIpc) is 3.49. The van der Waals surface area contributed by atoms with Gasteiger partial charge in [0, 0.05) is 31.9 Å². The van der Waals surface area contributed by atoms with Crippen molar-refractivity contribution in [2.45, 2.75) is 63.2 Å². The maximum atomic E-state index is 13.4. The Morgan fingerprint density at radius 2 is 2.19 bits per heavy atom. The van der Waals surface area contributed by atoms with Crippen molar-refractivity contribution in [3.63, 3.8) is 0 Å². The molecule has 196 valence electrons. The van der Waals surface area contributed by atoms with E-state index in [0.717, 1.165) is 32.4 Å². The van der Waals surface area contributed by atoms with E-state index in [0.29, 0.717) is 11.1 Å². The molecule has 2 N–H and O–H groups in total. The van der Waals surface area contributed by atoms with Gasteiger partial charge < -0.3 is 14.6 Å². The second kappa shape index (κ2) is 11.1. The minimum Gasteiger partial charge on any atom is -0.493 e. The molecule has 0 bridgehead atoms. The van der Waals surface area contributed by atoms with Crippen LogP contribution >= 0.6 is 0 Å². The fourth-order valence-corrected chi connectivity index (χ4v) is 5.02. The van der Waals surface area contributed by atoms with Gasteiger partial charge >= 0.3 is 0 Å². The number of nitrogens with one attached hydrogen (secondary N) is 2. The topological polar surface area (TPSA) is 122 Å². The first kappa shape index (κ1) is 16.9. The normalized spacial score (nSPS) is 22.0. The Labute approximate surface area is 224 Å². The maximum Gasteiger partial charge on any atom is 0.277 e. The molecular weight excluding hydrogens is 480 g/mol. The molecule has 0 spiro atoms. The number of hydrogen-bond acceptors (Lipinski definition) is 7. The number of hydrogen-bond donors (Lipinski definition) is 2. The molecule has 1 atom stereocenters. The molecule has 1 aliphatic rings. The van der Waals surface area contributed by atoms with Crippen LogP contribution in [-0.4, -0.2) is 65.8 Å². The molecule has 2 aromatic heterocycles. The first-order chi connectivity index (χ1) is 20.6. The fraction of sp³-hybridized carbons (Fsp3) is 0.560. The quantitative estimate of drug-likeness (QED) is 0.395. The smallest absolute Gasteiger partial charge is 0.277 e. The highest BCUT2D eigenvalue weighted by atomic mass is 32.2. The summed E-state index contributed by atoms with van der Waals surface area (Å²) in [6.45, 7) is -1.62. The van der Waals surface area contributed by atoms with E-state index in [-0.39, 0.29) is 41.1 Å². The van der Waals surface area contributed by atoms with Gasteiger partial charge in [-0.05, 0) is 63.8 Å². The molecule has 1 unspecified atom stereocenters. The summed E-state index contributed by atoms with van der Waals surface area (Å²) in [5.41, 5.74) is -3.03. The third kappa shape index (κ3) is 5.47. The van der Waals surface area contributed by atoms with Gasteiger partial charge in [-0.2, -0.15) is 5.10 Å². The number of ether oxygens (including phenoxy) is 1. The summed E-state index contributed by atoms with van der Waals surface area (Å²) in [7, 11) is -2.63. The first-order valence-electron chi connectivity index (χ1n) is 16.1. The first-order valence-corrected chi connectivity index (χ1v) is 13.1. The van der Waals surface area contributed by atoms with E-state index in [4.69, 9.17) is 17.1 Å². The summed E-state index contributed by atoms with van der Waals surface area (Å²) in [4.78, 5) is 21.7. The molecule has 0 amide bonds. The van der Waals surface area contributed by atoms with Crippen LogP contribution in [-0.2, 0) is 23.4 Å². The molecule has 1 saturated heterocycles. The van der Waals surface area contributed by atoms with Crippen LogP contribution in [0.2, 0.25) is 0 Å². The molecule has 0 saturated carbocycles. The molecule has 1 aliphatic heterocycles. The number of nitrogens with zero attached hydrogens (tertiary/aromatic N) is 4. The highest BCUT2D eigenvalue weighted by Crippen LogP contribution is 2.31. The lowest BCUT2D eigenvalue weighted by Crippen LogP contribution is -2.31. The van der Waals surface area contributed by atoms with E-state index in [1.54, 1.807) is 0 Å². The molecule has 1 aromatic carbocycles. The number of likely N-dealkylation sites (tertiary alicyclic amines) is 1. The van der Waals surface area contributed by atoms with Crippen LogP contribution in [0.3, 0.4) is 0 Å². The minimum atomic E-state index is -4.48. The van der Waals surface area contributed by atoms with Crippen LogP contribution in [0.1, 0.15) is 63.9 Å². The van der Waals surface area contributed by atoms with Gasteiger partial charge in [-0.25, -0.2) is 18.1 Å². The molecule has 11 heteroatoms. The molecule has 10 nitrogen and oxygen atoms in total. The van der Waals surface area contributed by atoms with E-state index < -0.39 is 58.5 Å². The van der Waals surface area contributed by atoms with Crippen molar-refractivity contribution in [1.29, 1.82) is 0 Å².